The third-order valence-electron chi connectivity index (χ3n) is 4.84. The van der Waals surface area contributed by atoms with E-state index in [4.69, 9.17) is 0 Å². The normalized spacial score (nSPS) is 12.2. The average Bonchev–Trinajstić information content (AvgIpc) is 2.86. The van der Waals surface area contributed by atoms with Gasteiger partial charge in [0.2, 0.25) is 5.91 Å². The Morgan fingerprint density at radius 2 is 1.78 bits per heavy atom. The molecule has 1 amide bonds. The predicted octanol–water partition coefficient (Wildman–Crippen LogP) is 3.01. The SMILES string of the molecule is Cc1ccc(Cn2nc(C)c(CCC(=O)NC(C(=O)O)C(C)C)c2C)cc1. The lowest BCUT2D eigenvalue weighted by Gasteiger charge is -2.17. The number of hydrogen-bond acceptors (Lipinski definition) is 3. The molecule has 146 valence electrons. The highest BCUT2D eigenvalue weighted by Gasteiger charge is 2.23. The van der Waals surface area contributed by atoms with Gasteiger partial charge in [0.1, 0.15) is 6.04 Å². The fourth-order valence-electron chi connectivity index (χ4n) is 3.11. The molecular formula is C21H29N3O3. The molecule has 0 saturated carbocycles. The molecule has 27 heavy (non-hydrogen) atoms. The molecule has 6 nitrogen and oxygen atoms in total. The molecule has 6 heteroatoms. The Labute approximate surface area is 160 Å². The van der Waals surface area contributed by atoms with E-state index in [0.29, 0.717) is 13.0 Å². The lowest BCUT2D eigenvalue weighted by atomic mass is 10.0. The smallest absolute Gasteiger partial charge is 0.326 e. The number of aryl methyl sites for hydroxylation is 2. The standard InChI is InChI=1S/C21H29N3O3/c1-13(2)20(21(26)27)22-19(25)11-10-18-15(4)23-24(16(18)5)12-17-8-6-14(3)7-9-17/h6-9,13,20H,10-12H2,1-5H3,(H,22,25)(H,26,27). The number of amides is 1. The Balaban J connectivity index is 2.02. The summed E-state index contributed by atoms with van der Waals surface area (Å²) in [5, 5.41) is 16.4. The zero-order chi connectivity index (χ0) is 20.1. The first-order valence-electron chi connectivity index (χ1n) is 9.29. The van der Waals surface area contributed by atoms with Crippen LogP contribution < -0.4 is 5.32 Å². The molecule has 0 radical (unpaired) electrons. The summed E-state index contributed by atoms with van der Waals surface area (Å²) in [6.07, 6.45) is 0.788. The van der Waals surface area contributed by atoms with Gasteiger partial charge in [-0.25, -0.2) is 4.79 Å². The molecule has 2 N–H and O–H groups in total. The topological polar surface area (TPSA) is 84.2 Å². The first kappa shape index (κ1) is 20.7. The number of benzene rings is 1. The number of aliphatic carboxylic acids is 1. The summed E-state index contributed by atoms with van der Waals surface area (Å²) in [5.41, 5.74) is 5.40. The highest BCUT2D eigenvalue weighted by atomic mass is 16.4. The Bertz CT molecular complexity index is 807. The van der Waals surface area contributed by atoms with Crippen molar-refractivity contribution in [3.63, 3.8) is 0 Å². The summed E-state index contributed by atoms with van der Waals surface area (Å²) in [7, 11) is 0. The molecule has 1 aromatic heterocycles. The van der Waals surface area contributed by atoms with Crippen molar-refractivity contribution in [1.29, 1.82) is 0 Å². The van der Waals surface area contributed by atoms with Crippen LogP contribution in [0.15, 0.2) is 24.3 Å². The molecule has 0 aliphatic rings. The molecule has 0 bridgehead atoms. The van der Waals surface area contributed by atoms with Crippen molar-refractivity contribution in [2.45, 2.75) is 60.0 Å². The van der Waals surface area contributed by atoms with Gasteiger partial charge in [-0.3, -0.25) is 9.48 Å². The second-order valence-corrected chi connectivity index (χ2v) is 7.42. The van der Waals surface area contributed by atoms with Crippen LogP contribution in [-0.4, -0.2) is 32.8 Å². The third kappa shape index (κ3) is 5.42. The van der Waals surface area contributed by atoms with Crippen LogP contribution in [0.1, 0.15) is 48.3 Å². The summed E-state index contributed by atoms with van der Waals surface area (Å²) in [6, 6.07) is 7.50. The van der Waals surface area contributed by atoms with Crippen molar-refractivity contribution in [1.82, 2.24) is 15.1 Å². The maximum atomic E-state index is 12.2. The highest BCUT2D eigenvalue weighted by Crippen LogP contribution is 2.17. The van der Waals surface area contributed by atoms with Gasteiger partial charge >= 0.3 is 5.97 Å². The van der Waals surface area contributed by atoms with Gasteiger partial charge in [-0.05, 0) is 44.2 Å². The zero-order valence-corrected chi connectivity index (χ0v) is 16.7. The van der Waals surface area contributed by atoms with E-state index in [1.54, 1.807) is 13.8 Å². The summed E-state index contributed by atoms with van der Waals surface area (Å²) < 4.78 is 1.96. The number of rotatable bonds is 8. The summed E-state index contributed by atoms with van der Waals surface area (Å²) >= 11 is 0. The van der Waals surface area contributed by atoms with E-state index in [2.05, 4.69) is 41.6 Å². The summed E-state index contributed by atoms with van der Waals surface area (Å²) in [4.78, 5) is 23.4. The monoisotopic (exact) mass is 371 g/mol. The maximum Gasteiger partial charge on any atom is 0.326 e. The van der Waals surface area contributed by atoms with Gasteiger partial charge in [0.25, 0.3) is 0 Å². The van der Waals surface area contributed by atoms with Crippen molar-refractivity contribution in [3.8, 4) is 0 Å². The van der Waals surface area contributed by atoms with E-state index in [0.717, 1.165) is 17.0 Å². The molecule has 0 spiro atoms. The minimum absolute atomic E-state index is 0.160. The molecule has 0 saturated heterocycles. The molecule has 2 aromatic rings. The quantitative estimate of drug-likeness (QED) is 0.747. The number of carbonyl (C=O) groups excluding carboxylic acids is 1. The number of carbonyl (C=O) groups is 2. The lowest BCUT2D eigenvalue weighted by molar-refractivity contribution is -0.143. The van der Waals surface area contributed by atoms with Gasteiger partial charge in [0.05, 0.1) is 12.2 Å². The summed E-state index contributed by atoms with van der Waals surface area (Å²) in [5.74, 6) is -1.41. The van der Waals surface area contributed by atoms with Crippen LogP contribution in [0.5, 0.6) is 0 Å². The van der Waals surface area contributed by atoms with Gasteiger partial charge in [0, 0.05) is 12.1 Å². The van der Waals surface area contributed by atoms with Gasteiger partial charge < -0.3 is 10.4 Å². The van der Waals surface area contributed by atoms with E-state index in [1.165, 1.54) is 11.1 Å². The summed E-state index contributed by atoms with van der Waals surface area (Å²) in [6.45, 7) is 10.3. The number of carboxylic acid groups (broad SMARTS) is 1. The van der Waals surface area contributed by atoms with E-state index in [9.17, 15) is 14.7 Å². The van der Waals surface area contributed by atoms with Gasteiger partial charge in [0.15, 0.2) is 0 Å². The Hall–Kier alpha value is -2.63. The number of nitrogens with one attached hydrogen (secondary N) is 1. The van der Waals surface area contributed by atoms with Crippen LogP contribution in [0, 0.1) is 26.7 Å². The molecule has 1 heterocycles. The van der Waals surface area contributed by atoms with Crippen LogP contribution in [0.2, 0.25) is 0 Å². The van der Waals surface area contributed by atoms with Crippen LogP contribution in [0.25, 0.3) is 0 Å². The van der Waals surface area contributed by atoms with E-state index in [1.807, 2.05) is 18.5 Å². The van der Waals surface area contributed by atoms with Gasteiger partial charge in [-0.1, -0.05) is 43.7 Å². The molecule has 1 atom stereocenters. The number of aromatic nitrogens is 2. The van der Waals surface area contributed by atoms with Crippen molar-refractivity contribution < 1.29 is 14.7 Å². The first-order valence-corrected chi connectivity index (χ1v) is 9.29. The van der Waals surface area contributed by atoms with E-state index >= 15 is 0 Å². The lowest BCUT2D eigenvalue weighted by Crippen LogP contribution is -2.44. The van der Waals surface area contributed by atoms with Gasteiger partial charge in [-0.15, -0.1) is 0 Å². The molecule has 1 aromatic carbocycles. The average molecular weight is 371 g/mol. The fourth-order valence-corrected chi connectivity index (χ4v) is 3.11. The van der Waals surface area contributed by atoms with Crippen LogP contribution in [0.3, 0.4) is 0 Å². The molecule has 0 aliphatic carbocycles. The fraction of sp³-hybridized carbons (Fsp3) is 0.476. The predicted molar refractivity (Wildman–Crippen MR) is 105 cm³/mol. The second-order valence-electron chi connectivity index (χ2n) is 7.42. The minimum atomic E-state index is -1.00. The van der Waals surface area contributed by atoms with Crippen LogP contribution in [0.4, 0.5) is 0 Å². The number of hydrogen-bond donors (Lipinski definition) is 2. The van der Waals surface area contributed by atoms with E-state index in [-0.39, 0.29) is 18.2 Å². The zero-order valence-electron chi connectivity index (χ0n) is 16.7. The second kappa shape index (κ2) is 8.84. The Morgan fingerprint density at radius 3 is 2.33 bits per heavy atom. The van der Waals surface area contributed by atoms with Crippen LogP contribution >= 0.6 is 0 Å². The number of carboxylic acids is 1. The molecule has 0 aliphatic heterocycles. The molecular weight excluding hydrogens is 342 g/mol. The highest BCUT2D eigenvalue weighted by molar-refractivity contribution is 5.83. The van der Waals surface area contributed by atoms with E-state index < -0.39 is 12.0 Å². The Kier molecular flexibility index (Phi) is 6.77. The molecule has 1 unspecified atom stereocenters. The largest absolute Gasteiger partial charge is 0.480 e. The maximum absolute atomic E-state index is 12.2. The van der Waals surface area contributed by atoms with Crippen molar-refractivity contribution in [3.05, 3.63) is 52.3 Å². The number of nitrogens with zero attached hydrogens (tertiary/aromatic N) is 2. The third-order valence-corrected chi connectivity index (χ3v) is 4.84. The molecule has 2 rings (SSSR count). The minimum Gasteiger partial charge on any atom is -0.480 e. The van der Waals surface area contributed by atoms with Crippen molar-refractivity contribution in [2.75, 3.05) is 0 Å². The first-order chi connectivity index (χ1) is 12.7. The van der Waals surface area contributed by atoms with Crippen molar-refractivity contribution >= 4 is 11.9 Å². The Morgan fingerprint density at radius 1 is 1.15 bits per heavy atom. The van der Waals surface area contributed by atoms with Crippen molar-refractivity contribution in [2.24, 2.45) is 5.92 Å². The van der Waals surface area contributed by atoms with Gasteiger partial charge in [-0.2, -0.15) is 5.10 Å². The molecule has 0 fully saturated rings. The van der Waals surface area contributed by atoms with Crippen LogP contribution in [-0.2, 0) is 22.6 Å².